The number of aryl methyl sites for hydroxylation is 1. The molecule has 0 bridgehead atoms. The lowest BCUT2D eigenvalue weighted by atomic mass is 10.0. The zero-order chi connectivity index (χ0) is 13.2. The van der Waals surface area contributed by atoms with Gasteiger partial charge in [0.25, 0.3) is 0 Å². The van der Waals surface area contributed by atoms with Gasteiger partial charge in [0, 0.05) is 13.2 Å². The number of benzene rings is 1. The average Bonchev–Trinajstić information content (AvgIpc) is 3.03. The van der Waals surface area contributed by atoms with E-state index in [9.17, 15) is 0 Å². The first-order chi connectivity index (χ1) is 9.24. The molecule has 1 saturated heterocycles. The minimum absolute atomic E-state index is 0.268. The number of rotatable bonds is 3. The van der Waals surface area contributed by atoms with Gasteiger partial charge in [-0.05, 0) is 25.3 Å². The van der Waals surface area contributed by atoms with Gasteiger partial charge in [0.2, 0.25) is 0 Å². The van der Waals surface area contributed by atoms with Crippen molar-refractivity contribution in [2.75, 3.05) is 19.7 Å². The van der Waals surface area contributed by atoms with E-state index >= 15 is 0 Å². The maximum atomic E-state index is 6.04. The number of nitrogens with two attached hydrogens (primary N) is 1. The van der Waals surface area contributed by atoms with Crippen LogP contribution < -0.4 is 5.73 Å². The molecule has 19 heavy (non-hydrogen) atoms. The molecule has 3 rings (SSSR count). The van der Waals surface area contributed by atoms with Crippen LogP contribution in [0.5, 0.6) is 0 Å². The van der Waals surface area contributed by atoms with Crippen LogP contribution in [0, 0.1) is 6.92 Å². The number of nitrogens with zero attached hydrogens (tertiary/aromatic N) is 2. The fourth-order valence-electron chi connectivity index (χ4n) is 2.83. The van der Waals surface area contributed by atoms with Crippen LogP contribution in [-0.4, -0.2) is 36.7 Å². The molecule has 0 aromatic heterocycles. The lowest BCUT2D eigenvalue weighted by Crippen LogP contribution is -2.41. The van der Waals surface area contributed by atoms with E-state index in [0.717, 1.165) is 32.5 Å². The van der Waals surface area contributed by atoms with Gasteiger partial charge in [-0.2, -0.15) is 0 Å². The monoisotopic (exact) mass is 259 g/mol. The molecule has 1 aromatic rings. The molecule has 2 aliphatic heterocycles. The largest absolute Gasteiger partial charge is 0.376 e. The minimum atomic E-state index is 0.268. The Morgan fingerprint density at radius 3 is 2.84 bits per heavy atom. The highest BCUT2D eigenvalue weighted by Gasteiger charge is 2.30. The van der Waals surface area contributed by atoms with E-state index in [1.807, 2.05) is 0 Å². The molecule has 2 unspecified atom stereocenters. The predicted octanol–water partition coefficient (Wildman–Crippen LogP) is 1.85. The quantitative estimate of drug-likeness (QED) is 0.901. The molecule has 0 spiro atoms. The summed E-state index contributed by atoms with van der Waals surface area (Å²) in [6.45, 7) is 4.59. The Morgan fingerprint density at radius 2 is 2.16 bits per heavy atom. The van der Waals surface area contributed by atoms with Crippen LogP contribution in [0.1, 0.15) is 30.0 Å². The SMILES string of the molecule is Cc1ccc(C2CN=C(N)N2CC2CCCO2)cc1. The van der Waals surface area contributed by atoms with E-state index in [4.69, 9.17) is 10.5 Å². The molecule has 4 nitrogen and oxygen atoms in total. The van der Waals surface area contributed by atoms with Crippen molar-refractivity contribution in [3.63, 3.8) is 0 Å². The van der Waals surface area contributed by atoms with Crippen LogP contribution in [0.2, 0.25) is 0 Å². The van der Waals surface area contributed by atoms with E-state index in [0.29, 0.717) is 12.1 Å². The van der Waals surface area contributed by atoms with Crippen LogP contribution in [0.15, 0.2) is 29.3 Å². The van der Waals surface area contributed by atoms with Crippen molar-refractivity contribution in [3.8, 4) is 0 Å². The summed E-state index contributed by atoms with van der Waals surface area (Å²) in [5.74, 6) is 0.654. The predicted molar refractivity (Wildman–Crippen MR) is 76.1 cm³/mol. The second-order valence-corrected chi connectivity index (χ2v) is 5.41. The van der Waals surface area contributed by atoms with Crippen LogP contribution in [0.4, 0.5) is 0 Å². The van der Waals surface area contributed by atoms with E-state index in [1.165, 1.54) is 11.1 Å². The normalized spacial score (nSPS) is 26.8. The molecule has 0 radical (unpaired) electrons. The lowest BCUT2D eigenvalue weighted by Gasteiger charge is -2.28. The standard InChI is InChI=1S/C15H21N3O/c1-11-4-6-12(7-5-11)14-9-17-15(16)18(14)10-13-3-2-8-19-13/h4-7,13-14H,2-3,8-10H2,1H3,(H2,16,17). The third kappa shape index (κ3) is 2.59. The van der Waals surface area contributed by atoms with Gasteiger partial charge in [0.05, 0.1) is 18.7 Å². The first kappa shape index (κ1) is 12.5. The molecule has 2 aliphatic rings. The van der Waals surface area contributed by atoms with Gasteiger partial charge in [-0.25, -0.2) is 0 Å². The Labute approximate surface area is 114 Å². The first-order valence-corrected chi connectivity index (χ1v) is 6.99. The zero-order valence-corrected chi connectivity index (χ0v) is 11.4. The van der Waals surface area contributed by atoms with Crippen LogP contribution in [0.25, 0.3) is 0 Å². The Hall–Kier alpha value is -1.55. The summed E-state index contributed by atoms with van der Waals surface area (Å²) in [7, 11) is 0. The van der Waals surface area contributed by atoms with Crippen molar-refractivity contribution >= 4 is 5.96 Å². The summed E-state index contributed by atoms with van der Waals surface area (Å²) in [6.07, 6.45) is 2.59. The lowest BCUT2D eigenvalue weighted by molar-refractivity contribution is 0.0853. The fraction of sp³-hybridized carbons (Fsp3) is 0.533. The highest BCUT2D eigenvalue weighted by molar-refractivity contribution is 5.80. The molecule has 2 atom stereocenters. The van der Waals surface area contributed by atoms with Crippen LogP contribution >= 0.6 is 0 Å². The smallest absolute Gasteiger partial charge is 0.192 e. The van der Waals surface area contributed by atoms with Crippen molar-refractivity contribution in [3.05, 3.63) is 35.4 Å². The first-order valence-electron chi connectivity index (χ1n) is 6.99. The zero-order valence-electron chi connectivity index (χ0n) is 11.4. The van der Waals surface area contributed by atoms with Crippen molar-refractivity contribution in [2.45, 2.75) is 31.9 Å². The molecular formula is C15H21N3O. The number of hydrogen-bond donors (Lipinski definition) is 1. The Bertz CT molecular complexity index is 463. The van der Waals surface area contributed by atoms with Gasteiger partial charge in [0.15, 0.2) is 5.96 Å². The van der Waals surface area contributed by atoms with E-state index in [1.54, 1.807) is 0 Å². The van der Waals surface area contributed by atoms with Crippen LogP contribution in [0.3, 0.4) is 0 Å². The average molecular weight is 259 g/mol. The summed E-state index contributed by atoms with van der Waals surface area (Å²) in [5.41, 5.74) is 8.60. The number of guanidine groups is 1. The summed E-state index contributed by atoms with van der Waals surface area (Å²) in [4.78, 5) is 6.60. The molecule has 1 aromatic carbocycles. The van der Waals surface area contributed by atoms with Gasteiger partial charge in [-0.3, -0.25) is 4.99 Å². The molecule has 102 valence electrons. The molecule has 0 amide bonds. The summed E-state index contributed by atoms with van der Waals surface area (Å²) in [5, 5.41) is 0. The van der Waals surface area contributed by atoms with Crippen molar-refractivity contribution in [2.24, 2.45) is 10.7 Å². The molecule has 4 heteroatoms. The van der Waals surface area contributed by atoms with Gasteiger partial charge >= 0.3 is 0 Å². The third-order valence-corrected chi connectivity index (χ3v) is 3.98. The maximum Gasteiger partial charge on any atom is 0.192 e. The van der Waals surface area contributed by atoms with Gasteiger partial charge in [-0.1, -0.05) is 29.8 Å². The number of aliphatic imine (C=N–C) groups is 1. The molecule has 2 N–H and O–H groups in total. The minimum Gasteiger partial charge on any atom is -0.376 e. The number of ether oxygens (including phenoxy) is 1. The van der Waals surface area contributed by atoms with E-state index < -0.39 is 0 Å². The van der Waals surface area contributed by atoms with Crippen LogP contribution in [-0.2, 0) is 4.74 Å². The Balaban J connectivity index is 1.75. The third-order valence-electron chi connectivity index (χ3n) is 3.98. The highest BCUT2D eigenvalue weighted by atomic mass is 16.5. The highest BCUT2D eigenvalue weighted by Crippen LogP contribution is 2.27. The second-order valence-electron chi connectivity index (χ2n) is 5.41. The Kier molecular flexibility index (Phi) is 3.42. The maximum absolute atomic E-state index is 6.04. The molecule has 1 fully saturated rings. The fourth-order valence-corrected chi connectivity index (χ4v) is 2.83. The molecular weight excluding hydrogens is 238 g/mol. The van der Waals surface area contributed by atoms with Gasteiger partial charge in [0.1, 0.15) is 0 Å². The summed E-state index contributed by atoms with van der Waals surface area (Å²) in [6, 6.07) is 8.92. The van der Waals surface area contributed by atoms with Crippen molar-refractivity contribution in [1.82, 2.24) is 4.90 Å². The molecule has 0 aliphatic carbocycles. The van der Waals surface area contributed by atoms with Crippen molar-refractivity contribution < 1.29 is 4.74 Å². The van der Waals surface area contributed by atoms with Gasteiger partial charge < -0.3 is 15.4 Å². The molecule has 2 heterocycles. The Morgan fingerprint density at radius 1 is 1.37 bits per heavy atom. The summed E-state index contributed by atoms with van der Waals surface area (Å²) >= 11 is 0. The molecule has 0 saturated carbocycles. The van der Waals surface area contributed by atoms with Gasteiger partial charge in [-0.15, -0.1) is 0 Å². The second kappa shape index (κ2) is 5.21. The van der Waals surface area contributed by atoms with Crippen molar-refractivity contribution in [1.29, 1.82) is 0 Å². The summed E-state index contributed by atoms with van der Waals surface area (Å²) < 4.78 is 5.71. The van der Waals surface area contributed by atoms with E-state index in [-0.39, 0.29) is 6.04 Å². The number of hydrogen-bond acceptors (Lipinski definition) is 4. The van der Waals surface area contributed by atoms with E-state index in [2.05, 4.69) is 41.1 Å². The topological polar surface area (TPSA) is 50.8 Å².